The number of hydrogen-bond donors (Lipinski definition) is 10. The summed E-state index contributed by atoms with van der Waals surface area (Å²) in [6.45, 7) is -0.107. The van der Waals surface area contributed by atoms with E-state index < -0.39 is 128 Å². The molecule has 0 heterocycles. The Labute approximate surface area is 520 Å². The molecule has 0 aromatic rings. The highest BCUT2D eigenvalue weighted by Gasteiger charge is 2.20. The van der Waals surface area contributed by atoms with E-state index in [1.807, 2.05) is 0 Å². The zero-order valence-electron chi connectivity index (χ0n) is 49.5. The largest absolute Gasteiger partial charge is 0.480 e. The molecule has 0 amide bonds. The van der Waals surface area contributed by atoms with Crippen LogP contribution in [0.2, 0.25) is 0 Å². The van der Waals surface area contributed by atoms with E-state index in [4.69, 9.17) is 77.9 Å². The number of nitrogens with zero attached hydrogens (tertiary/aromatic N) is 5. The molecule has 47 nitrogen and oxygen atoms in total. The summed E-state index contributed by atoms with van der Waals surface area (Å²) >= 11 is 0. The minimum atomic E-state index is -1.30. The van der Waals surface area contributed by atoms with Gasteiger partial charge in [-0.25, -0.2) is 0 Å². The van der Waals surface area contributed by atoms with Crippen LogP contribution < -0.4 is 28.7 Å². The maximum Gasteiger partial charge on any atom is 0.321 e. The zero-order chi connectivity index (χ0) is 71.2. The number of rotatable bonds is 52. The van der Waals surface area contributed by atoms with Gasteiger partial charge in [0.05, 0.1) is 78.9 Å². The van der Waals surface area contributed by atoms with Crippen LogP contribution in [0.1, 0.15) is 103 Å². The molecule has 0 rings (SSSR count). The van der Waals surface area contributed by atoms with Crippen molar-refractivity contribution in [1.29, 1.82) is 0 Å². The standard InChI is InChI=1S/C11H20N2O7.C9H16N2O8.C9H16N2O7.C8H14N2O8.C8H14N2O7/c12-9(11(15)16)5-6-10(14)19-7-3-1-2-4-8-20-13(17)18;10-7(9(13)14)1-2-8(12)18-5-3-17-4-6-19-11(15)16;10-7(9(13)14)3-4-8(12)17-5-1-2-6-18-11(15)16;9-6(8(12)13)5-7(11)17-3-1-16-2-4-18-10(14)15;9-6(8(12)13)5-7(11)16-3-1-2-4-17-10(14)15/h9H,1-8,12H2,(H,15,16);7H,1-6,10H2,(H,13,14);7H,1-6,10H2,(H,13,14);6H,1-5,9H2,(H,12,13);6H,1-5,9H2,(H,12,13). The second-order valence-electron chi connectivity index (χ2n) is 17.2. The first-order valence-electron chi connectivity index (χ1n) is 26.9. The van der Waals surface area contributed by atoms with Gasteiger partial charge in [-0.15, -0.1) is 50.6 Å². The minimum absolute atomic E-state index is 0.00240. The molecule has 0 aromatic heterocycles. The van der Waals surface area contributed by atoms with Crippen LogP contribution in [0.15, 0.2) is 0 Å². The topological polar surface area (TPSA) is 728 Å². The summed E-state index contributed by atoms with van der Waals surface area (Å²) in [5.74, 6) is -9.12. The van der Waals surface area contributed by atoms with E-state index in [0.717, 1.165) is 12.8 Å². The Balaban J connectivity index is -0.000000343. The summed E-state index contributed by atoms with van der Waals surface area (Å²) in [5, 5.41) is 86.6. The number of hydrogen-bond acceptors (Lipinski definition) is 37. The van der Waals surface area contributed by atoms with E-state index >= 15 is 0 Å². The minimum Gasteiger partial charge on any atom is -0.480 e. The van der Waals surface area contributed by atoms with Crippen molar-refractivity contribution in [3.8, 4) is 0 Å². The summed E-state index contributed by atoms with van der Waals surface area (Å²) in [4.78, 5) is 176. The number of carbonyl (C=O) groups is 10. The summed E-state index contributed by atoms with van der Waals surface area (Å²) in [7, 11) is 0. The molecule has 5 unspecified atom stereocenters. The van der Waals surface area contributed by atoms with Gasteiger partial charge in [0.2, 0.25) is 0 Å². The fraction of sp³-hybridized carbons (Fsp3) is 0.778. The molecule has 47 heteroatoms. The van der Waals surface area contributed by atoms with Crippen molar-refractivity contribution in [3.63, 3.8) is 0 Å². The molecule has 0 spiro atoms. The highest BCUT2D eigenvalue weighted by molar-refractivity contribution is 5.82. The monoisotopic (exact) mass is 1350 g/mol. The number of aliphatic carboxylic acids is 5. The first-order valence-corrected chi connectivity index (χ1v) is 26.9. The number of carbonyl (C=O) groups excluding carboxylic acids is 5. The van der Waals surface area contributed by atoms with E-state index in [1.54, 1.807) is 0 Å². The predicted octanol–water partition coefficient (Wildman–Crippen LogP) is -2.98. The van der Waals surface area contributed by atoms with E-state index in [-0.39, 0.29) is 131 Å². The molecule has 0 saturated heterocycles. The third kappa shape index (κ3) is 74.7. The molecule has 532 valence electrons. The van der Waals surface area contributed by atoms with Crippen LogP contribution in [0.3, 0.4) is 0 Å². The van der Waals surface area contributed by atoms with Crippen molar-refractivity contribution in [2.75, 3.05) is 92.5 Å². The van der Waals surface area contributed by atoms with Crippen molar-refractivity contribution in [1.82, 2.24) is 0 Å². The molecule has 5 atom stereocenters. The van der Waals surface area contributed by atoms with Crippen molar-refractivity contribution in [2.24, 2.45) is 28.7 Å². The lowest BCUT2D eigenvalue weighted by Crippen LogP contribution is -2.33. The lowest BCUT2D eigenvalue weighted by Gasteiger charge is -2.07. The number of carboxylic acids is 5. The second kappa shape index (κ2) is 61.6. The third-order valence-corrected chi connectivity index (χ3v) is 9.66. The fourth-order valence-electron chi connectivity index (χ4n) is 4.97. The number of carboxylic acid groups (broad SMARTS) is 5. The lowest BCUT2D eigenvalue weighted by molar-refractivity contribution is -0.758. The molecule has 0 saturated carbocycles. The van der Waals surface area contributed by atoms with Crippen LogP contribution in [-0.4, -0.2) is 233 Å². The fourth-order valence-corrected chi connectivity index (χ4v) is 4.97. The van der Waals surface area contributed by atoms with E-state index in [9.17, 15) is 98.5 Å². The molecule has 0 aliphatic rings. The van der Waals surface area contributed by atoms with Gasteiger partial charge in [-0.3, -0.25) is 47.9 Å². The highest BCUT2D eigenvalue weighted by Crippen LogP contribution is 2.05. The zero-order valence-corrected chi connectivity index (χ0v) is 49.5. The first-order chi connectivity index (χ1) is 43.2. The highest BCUT2D eigenvalue weighted by atomic mass is 17.0. The average Bonchev–Trinajstić information content (AvgIpc) is 3.70. The van der Waals surface area contributed by atoms with Gasteiger partial charge < -0.3 is 112 Å². The van der Waals surface area contributed by atoms with Crippen molar-refractivity contribution < 1.29 is 156 Å². The van der Waals surface area contributed by atoms with E-state index in [2.05, 4.69) is 33.7 Å². The Morgan fingerprint density at radius 3 is 0.761 bits per heavy atom. The summed E-state index contributed by atoms with van der Waals surface area (Å²) in [6, 6.07) is -5.80. The van der Waals surface area contributed by atoms with Gasteiger partial charge in [0.1, 0.15) is 56.6 Å². The van der Waals surface area contributed by atoms with Gasteiger partial charge >= 0.3 is 59.7 Å². The van der Waals surface area contributed by atoms with Gasteiger partial charge in [-0.2, -0.15) is 0 Å². The van der Waals surface area contributed by atoms with Crippen LogP contribution in [0.4, 0.5) is 0 Å². The summed E-state index contributed by atoms with van der Waals surface area (Å²) in [6.07, 6.45) is 3.34. The van der Waals surface area contributed by atoms with Crippen molar-refractivity contribution in [2.45, 2.75) is 133 Å². The van der Waals surface area contributed by atoms with Crippen LogP contribution in [0.5, 0.6) is 0 Å². The maximum absolute atomic E-state index is 11.2. The molecule has 0 aromatic carbocycles. The van der Waals surface area contributed by atoms with Crippen LogP contribution in [0, 0.1) is 50.6 Å². The van der Waals surface area contributed by atoms with Gasteiger partial charge in [-0.1, -0.05) is 6.42 Å². The maximum atomic E-state index is 11.2. The van der Waals surface area contributed by atoms with Gasteiger partial charge in [0.15, 0.2) is 0 Å². The Morgan fingerprint density at radius 1 is 0.283 bits per heavy atom. The summed E-state index contributed by atoms with van der Waals surface area (Å²) in [5.41, 5.74) is 25.9. The van der Waals surface area contributed by atoms with Gasteiger partial charge in [0, 0.05) is 19.3 Å². The SMILES string of the molecule is NC(CC(=O)OCCCCO[N+](=O)[O-])C(=O)O.NC(CC(=O)OCCOCCO[N+](=O)[O-])C(=O)O.NC(CCC(=O)OCCCCCCO[N+](=O)[O-])C(=O)O.NC(CCC(=O)OCCCCO[N+](=O)[O-])C(=O)O.NC(CCC(=O)OCCOCCO[N+](=O)[O-])C(=O)O. The molecule has 0 fully saturated rings. The van der Waals surface area contributed by atoms with Crippen molar-refractivity contribution >= 4 is 59.7 Å². The molecule has 92 heavy (non-hydrogen) atoms. The normalized spacial score (nSPS) is 11.6. The predicted molar refractivity (Wildman–Crippen MR) is 293 cm³/mol. The molecular formula is C45H80N10O37. The van der Waals surface area contributed by atoms with E-state index in [1.165, 1.54) is 0 Å². The quantitative estimate of drug-likeness (QED) is 0.00955. The smallest absolute Gasteiger partial charge is 0.321 e. The van der Waals surface area contributed by atoms with Gasteiger partial charge in [0.25, 0.3) is 25.4 Å². The van der Waals surface area contributed by atoms with E-state index in [0.29, 0.717) is 38.5 Å². The molecular weight excluding hydrogens is 1270 g/mol. The average molecular weight is 1350 g/mol. The molecule has 0 aliphatic carbocycles. The lowest BCUT2D eigenvalue weighted by atomic mass is 10.2. The summed E-state index contributed by atoms with van der Waals surface area (Å²) < 4.78 is 33.3. The van der Waals surface area contributed by atoms with Crippen molar-refractivity contribution in [3.05, 3.63) is 50.6 Å². The third-order valence-electron chi connectivity index (χ3n) is 9.66. The van der Waals surface area contributed by atoms with Gasteiger partial charge in [-0.05, 0) is 64.2 Å². The number of ether oxygens (including phenoxy) is 7. The Hall–Kier alpha value is -9.58. The molecule has 0 aliphatic heterocycles. The first kappa shape index (κ1) is 91.2. The Morgan fingerprint density at radius 2 is 0.489 bits per heavy atom. The van der Waals surface area contributed by atoms with Crippen LogP contribution >= 0.6 is 0 Å². The molecule has 0 bridgehead atoms. The number of unbranched alkanes of at least 4 members (excludes halogenated alkanes) is 5. The second-order valence-corrected chi connectivity index (χ2v) is 17.2. The molecule has 15 N–H and O–H groups in total. The number of esters is 5. The Kier molecular flexibility index (Phi) is 61.1. The van der Waals surface area contributed by atoms with Crippen LogP contribution in [-0.2, 0) is 105 Å². The van der Waals surface area contributed by atoms with Crippen LogP contribution in [0.25, 0.3) is 0 Å². The Bertz CT molecular complexity index is 2180. The molecule has 0 radical (unpaired) electrons. The number of nitrogens with two attached hydrogens (primary N) is 5.